The smallest absolute Gasteiger partial charge is 0.257 e. The Labute approximate surface area is 124 Å². The number of rotatable bonds is 2. The van der Waals surface area contributed by atoms with Crippen molar-refractivity contribution in [2.24, 2.45) is 0 Å². The lowest BCUT2D eigenvalue weighted by molar-refractivity contribution is 0.102. The summed E-state index contributed by atoms with van der Waals surface area (Å²) in [6.07, 6.45) is 0. The van der Waals surface area contributed by atoms with Gasteiger partial charge >= 0.3 is 0 Å². The molecule has 0 spiro atoms. The van der Waals surface area contributed by atoms with Crippen LogP contribution in [0.3, 0.4) is 0 Å². The Bertz CT molecular complexity index is 646. The van der Waals surface area contributed by atoms with Crippen LogP contribution < -0.4 is 11.1 Å². The van der Waals surface area contributed by atoms with Gasteiger partial charge in [-0.3, -0.25) is 4.79 Å². The number of amides is 1. The lowest BCUT2D eigenvalue weighted by Crippen LogP contribution is -2.15. The van der Waals surface area contributed by atoms with Crippen LogP contribution in [0.25, 0.3) is 0 Å². The third kappa shape index (κ3) is 3.24. The average Bonchev–Trinajstić information content (AvgIpc) is 2.32. The number of hydrogen-bond acceptors (Lipinski definition) is 3. The van der Waals surface area contributed by atoms with Gasteiger partial charge in [0.2, 0.25) is 0 Å². The van der Waals surface area contributed by atoms with Crippen LogP contribution in [0.1, 0.15) is 16.1 Å². The number of aryl methyl sites for hydroxylation is 1. The van der Waals surface area contributed by atoms with Gasteiger partial charge in [-0.2, -0.15) is 0 Å². The molecular formula is C13H11BrClN3O. The van der Waals surface area contributed by atoms with E-state index in [4.69, 9.17) is 17.3 Å². The topological polar surface area (TPSA) is 68.0 Å². The zero-order chi connectivity index (χ0) is 14.0. The highest BCUT2D eigenvalue weighted by atomic mass is 79.9. The minimum atomic E-state index is -0.290. The van der Waals surface area contributed by atoms with Crippen LogP contribution in [0.2, 0.25) is 5.02 Å². The molecule has 0 saturated heterocycles. The van der Waals surface area contributed by atoms with Crippen LogP contribution in [0, 0.1) is 6.92 Å². The number of anilines is 2. The van der Waals surface area contributed by atoms with Gasteiger partial charge in [0.1, 0.15) is 4.60 Å². The first-order chi connectivity index (χ1) is 8.97. The van der Waals surface area contributed by atoms with Crippen LogP contribution in [0.4, 0.5) is 11.4 Å². The zero-order valence-corrected chi connectivity index (χ0v) is 12.4. The normalized spacial score (nSPS) is 10.3. The van der Waals surface area contributed by atoms with Crippen molar-refractivity contribution < 1.29 is 4.79 Å². The summed E-state index contributed by atoms with van der Waals surface area (Å²) in [6, 6.07) is 8.29. The molecule has 19 heavy (non-hydrogen) atoms. The highest BCUT2D eigenvalue weighted by Gasteiger charge is 2.11. The van der Waals surface area contributed by atoms with Crippen molar-refractivity contribution >= 4 is 44.8 Å². The van der Waals surface area contributed by atoms with Crippen molar-refractivity contribution in [2.75, 3.05) is 11.1 Å². The van der Waals surface area contributed by atoms with Gasteiger partial charge in [-0.05, 0) is 53.2 Å². The van der Waals surface area contributed by atoms with E-state index in [-0.39, 0.29) is 5.91 Å². The Morgan fingerprint density at radius 3 is 2.74 bits per heavy atom. The molecule has 0 atom stereocenters. The zero-order valence-electron chi connectivity index (χ0n) is 10.1. The lowest BCUT2D eigenvalue weighted by atomic mass is 10.1. The highest BCUT2D eigenvalue weighted by Crippen LogP contribution is 2.21. The van der Waals surface area contributed by atoms with Gasteiger partial charge in [0, 0.05) is 10.7 Å². The second-order valence-corrected chi connectivity index (χ2v) is 5.20. The van der Waals surface area contributed by atoms with Crippen molar-refractivity contribution in [3.63, 3.8) is 0 Å². The molecule has 0 unspecified atom stereocenters. The van der Waals surface area contributed by atoms with E-state index in [2.05, 4.69) is 26.2 Å². The van der Waals surface area contributed by atoms with E-state index >= 15 is 0 Å². The van der Waals surface area contributed by atoms with E-state index in [1.165, 1.54) is 0 Å². The first kappa shape index (κ1) is 13.8. The van der Waals surface area contributed by atoms with Gasteiger partial charge in [-0.15, -0.1) is 0 Å². The van der Waals surface area contributed by atoms with E-state index in [1.807, 2.05) is 6.92 Å². The Morgan fingerprint density at radius 2 is 2.11 bits per heavy atom. The Morgan fingerprint density at radius 1 is 1.37 bits per heavy atom. The molecule has 0 radical (unpaired) electrons. The molecule has 1 aromatic heterocycles. The predicted octanol–water partition coefficient (Wildman–Crippen LogP) is 3.64. The maximum atomic E-state index is 12.1. The molecule has 0 saturated carbocycles. The van der Waals surface area contributed by atoms with Gasteiger partial charge in [0.25, 0.3) is 5.91 Å². The molecule has 98 valence electrons. The summed E-state index contributed by atoms with van der Waals surface area (Å²) in [7, 11) is 0. The lowest BCUT2D eigenvalue weighted by Gasteiger charge is -2.09. The van der Waals surface area contributed by atoms with Gasteiger partial charge < -0.3 is 11.1 Å². The number of aromatic nitrogens is 1. The molecule has 3 N–H and O–H groups in total. The van der Waals surface area contributed by atoms with E-state index in [1.54, 1.807) is 30.3 Å². The van der Waals surface area contributed by atoms with Gasteiger partial charge in [-0.1, -0.05) is 11.6 Å². The monoisotopic (exact) mass is 339 g/mol. The third-order valence-corrected chi connectivity index (χ3v) is 3.24. The van der Waals surface area contributed by atoms with Crippen LogP contribution >= 0.6 is 27.5 Å². The molecule has 0 aliphatic heterocycles. The molecule has 0 bridgehead atoms. The fraction of sp³-hybridized carbons (Fsp3) is 0.0769. The quantitative estimate of drug-likeness (QED) is 0.648. The second-order valence-electron chi connectivity index (χ2n) is 3.95. The second kappa shape index (κ2) is 5.59. The summed E-state index contributed by atoms with van der Waals surface area (Å²) in [5, 5.41) is 3.26. The predicted molar refractivity (Wildman–Crippen MR) is 80.5 cm³/mol. The number of nitrogens with one attached hydrogen (secondary N) is 1. The number of nitrogens with zero attached hydrogens (tertiary/aromatic N) is 1. The molecule has 2 aromatic rings. The summed E-state index contributed by atoms with van der Waals surface area (Å²) in [5.74, 6) is -0.290. The van der Waals surface area contributed by atoms with Crippen LogP contribution in [0.15, 0.2) is 34.9 Å². The molecule has 1 amide bonds. The van der Waals surface area contributed by atoms with E-state index in [0.717, 1.165) is 5.69 Å². The van der Waals surface area contributed by atoms with Crippen molar-refractivity contribution in [3.05, 3.63) is 51.2 Å². The number of carbonyl (C=O) groups excluding carboxylic acids is 1. The first-order valence-electron chi connectivity index (χ1n) is 5.47. The minimum Gasteiger partial charge on any atom is -0.398 e. The third-order valence-electron chi connectivity index (χ3n) is 2.56. The van der Waals surface area contributed by atoms with E-state index in [0.29, 0.717) is 26.6 Å². The van der Waals surface area contributed by atoms with Crippen molar-refractivity contribution in [3.8, 4) is 0 Å². The largest absolute Gasteiger partial charge is 0.398 e. The maximum absolute atomic E-state index is 12.1. The number of benzene rings is 1. The molecule has 6 heteroatoms. The van der Waals surface area contributed by atoms with E-state index < -0.39 is 0 Å². The summed E-state index contributed by atoms with van der Waals surface area (Å²) in [5.41, 5.74) is 7.85. The fourth-order valence-corrected chi connectivity index (χ4v) is 2.17. The molecule has 0 aliphatic carbocycles. The Hall–Kier alpha value is -1.59. The molecular weight excluding hydrogens is 330 g/mol. The maximum Gasteiger partial charge on any atom is 0.257 e. The number of carbonyl (C=O) groups is 1. The summed E-state index contributed by atoms with van der Waals surface area (Å²) in [4.78, 5) is 16.3. The van der Waals surface area contributed by atoms with Crippen LogP contribution in [-0.2, 0) is 0 Å². The SMILES string of the molecule is Cc1nc(Br)ccc1NC(=O)c1ccc(Cl)cc1N. The van der Waals surface area contributed by atoms with E-state index in [9.17, 15) is 4.79 Å². The number of pyridine rings is 1. The number of halogens is 2. The number of nitrogens with two attached hydrogens (primary N) is 1. The van der Waals surface area contributed by atoms with Crippen molar-refractivity contribution in [1.82, 2.24) is 4.98 Å². The Kier molecular flexibility index (Phi) is 4.07. The van der Waals surface area contributed by atoms with Crippen LogP contribution in [0.5, 0.6) is 0 Å². The summed E-state index contributed by atoms with van der Waals surface area (Å²) >= 11 is 9.07. The molecule has 0 fully saturated rings. The summed E-state index contributed by atoms with van der Waals surface area (Å²) in [6.45, 7) is 1.81. The Balaban J connectivity index is 2.25. The van der Waals surface area contributed by atoms with Crippen molar-refractivity contribution in [2.45, 2.75) is 6.92 Å². The van der Waals surface area contributed by atoms with Gasteiger partial charge in [-0.25, -0.2) is 4.98 Å². The standard InChI is InChI=1S/C13H11BrClN3O/c1-7-11(4-5-12(14)17-7)18-13(19)9-3-2-8(15)6-10(9)16/h2-6H,16H2,1H3,(H,18,19). The molecule has 2 rings (SSSR count). The molecule has 0 aliphatic rings. The minimum absolute atomic E-state index is 0.290. The number of nitrogen functional groups attached to an aromatic ring is 1. The van der Waals surface area contributed by atoms with Gasteiger partial charge in [0.15, 0.2) is 0 Å². The molecule has 1 heterocycles. The van der Waals surface area contributed by atoms with Gasteiger partial charge in [0.05, 0.1) is 16.9 Å². The number of hydrogen-bond donors (Lipinski definition) is 2. The fourth-order valence-electron chi connectivity index (χ4n) is 1.59. The average molecular weight is 341 g/mol. The first-order valence-corrected chi connectivity index (χ1v) is 6.64. The summed E-state index contributed by atoms with van der Waals surface area (Å²) < 4.78 is 0.717. The highest BCUT2D eigenvalue weighted by molar-refractivity contribution is 9.10. The molecule has 1 aromatic carbocycles. The van der Waals surface area contributed by atoms with Crippen molar-refractivity contribution in [1.29, 1.82) is 0 Å². The van der Waals surface area contributed by atoms with Crippen LogP contribution in [-0.4, -0.2) is 10.9 Å². The molecule has 4 nitrogen and oxygen atoms in total.